The number of hydrogen-bond donors (Lipinski definition) is 0. The zero-order valence-corrected chi connectivity index (χ0v) is 15.2. The number of para-hydroxylation sites is 1. The van der Waals surface area contributed by atoms with Crippen LogP contribution >= 0.6 is 0 Å². The number of benzene rings is 1. The lowest BCUT2D eigenvalue weighted by molar-refractivity contribution is -0.143. The van der Waals surface area contributed by atoms with Crippen LogP contribution in [0.1, 0.15) is 35.3 Å². The van der Waals surface area contributed by atoms with E-state index in [0.29, 0.717) is 18.8 Å². The number of aromatic nitrogens is 1. The van der Waals surface area contributed by atoms with Crippen LogP contribution in [-0.2, 0) is 11.8 Å². The van der Waals surface area contributed by atoms with Gasteiger partial charge in [0, 0.05) is 39.1 Å². The average molecular weight is 339 g/mol. The molecule has 0 saturated carbocycles. The van der Waals surface area contributed by atoms with E-state index in [9.17, 15) is 9.59 Å². The minimum absolute atomic E-state index is 0.0380. The summed E-state index contributed by atoms with van der Waals surface area (Å²) in [6, 6.07) is 8.11. The second kappa shape index (κ2) is 5.61. The first-order valence-corrected chi connectivity index (χ1v) is 9.03. The molecule has 132 valence electrons. The summed E-state index contributed by atoms with van der Waals surface area (Å²) in [4.78, 5) is 29.5. The highest BCUT2D eigenvalue weighted by molar-refractivity contribution is 6.00. The van der Waals surface area contributed by atoms with E-state index in [4.69, 9.17) is 0 Å². The largest absolute Gasteiger partial charge is 0.345 e. The second-order valence-electron chi connectivity index (χ2n) is 7.69. The van der Waals surface area contributed by atoms with E-state index in [2.05, 4.69) is 13.0 Å². The lowest BCUT2D eigenvalue weighted by atomic mass is 9.78. The lowest BCUT2D eigenvalue weighted by Crippen LogP contribution is -2.48. The molecule has 0 bridgehead atoms. The Morgan fingerprint density at radius 2 is 1.96 bits per heavy atom. The molecule has 1 atom stereocenters. The van der Waals surface area contributed by atoms with E-state index in [-0.39, 0.29) is 17.2 Å². The third kappa shape index (κ3) is 2.36. The summed E-state index contributed by atoms with van der Waals surface area (Å²) in [6.07, 6.45) is 2.70. The number of carbonyl (C=O) groups excluding carboxylic acids is 2. The van der Waals surface area contributed by atoms with E-state index < -0.39 is 0 Å². The molecule has 1 spiro atoms. The molecule has 25 heavy (non-hydrogen) atoms. The minimum Gasteiger partial charge on any atom is -0.345 e. The standard InChI is InChI=1S/C20H25N3O2/c1-14-6-4-7-15-12-16(22(3)17(14)15)18(24)23-11-9-20(13-23)8-5-10-21(2)19(20)25/h4,6-7,12H,5,8-11,13H2,1-3H3/t20-/m1/s1. The maximum atomic E-state index is 13.1. The van der Waals surface area contributed by atoms with Crippen LogP contribution in [-0.4, -0.2) is 52.9 Å². The third-order valence-electron chi connectivity index (χ3n) is 6.07. The zero-order chi connectivity index (χ0) is 17.8. The molecule has 0 N–H and O–H groups in total. The summed E-state index contributed by atoms with van der Waals surface area (Å²) < 4.78 is 1.99. The highest BCUT2D eigenvalue weighted by atomic mass is 16.2. The van der Waals surface area contributed by atoms with Gasteiger partial charge in [0.05, 0.1) is 10.9 Å². The molecule has 4 rings (SSSR count). The van der Waals surface area contributed by atoms with Gasteiger partial charge in [0.2, 0.25) is 5.91 Å². The Hall–Kier alpha value is -2.30. The first-order valence-electron chi connectivity index (χ1n) is 9.03. The number of rotatable bonds is 1. The topological polar surface area (TPSA) is 45.6 Å². The summed E-state index contributed by atoms with van der Waals surface area (Å²) in [6.45, 7) is 4.11. The predicted octanol–water partition coefficient (Wildman–Crippen LogP) is 2.57. The van der Waals surface area contributed by atoms with Crippen molar-refractivity contribution in [3.63, 3.8) is 0 Å². The molecule has 2 aliphatic rings. The van der Waals surface area contributed by atoms with Gasteiger partial charge in [-0.15, -0.1) is 0 Å². The number of fused-ring (bicyclic) bond motifs is 1. The highest BCUT2D eigenvalue weighted by Gasteiger charge is 2.48. The molecule has 2 aromatic rings. The number of aryl methyl sites for hydroxylation is 2. The second-order valence-corrected chi connectivity index (χ2v) is 7.69. The zero-order valence-electron chi connectivity index (χ0n) is 15.2. The van der Waals surface area contributed by atoms with Gasteiger partial charge >= 0.3 is 0 Å². The number of hydrogen-bond acceptors (Lipinski definition) is 2. The molecule has 5 nitrogen and oxygen atoms in total. The van der Waals surface area contributed by atoms with Crippen LogP contribution in [0.3, 0.4) is 0 Å². The maximum Gasteiger partial charge on any atom is 0.270 e. The van der Waals surface area contributed by atoms with Crippen molar-refractivity contribution in [3.8, 4) is 0 Å². The summed E-state index contributed by atoms with van der Waals surface area (Å²) >= 11 is 0. The van der Waals surface area contributed by atoms with Crippen molar-refractivity contribution in [2.24, 2.45) is 12.5 Å². The fraction of sp³-hybridized carbons (Fsp3) is 0.500. The average Bonchev–Trinajstić information content (AvgIpc) is 3.16. The molecule has 2 amide bonds. The molecular weight excluding hydrogens is 314 g/mol. The molecule has 2 fully saturated rings. The van der Waals surface area contributed by atoms with E-state index in [1.165, 1.54) is 5.56 Å². The monoisotopic (exact) mass is 339 g/mol. The number of piperidine rings is 1. The van der Waals surface area contributed by atoms with Gasteiger partial charge in [0.25, 0.3) is 5.91 Å². The van der Waals surface area contributed by atoms with Crippen molar-refractivity contribution < 1.29 is 9.59 Å². The minimum atomic E-state index is -0.358. The van der Waals surface area contributed by atoms with Crippen LogP contribution in [0.2, 0.25) is 0 Å². The lowest BCUT2D eigenvalue weighted by Gasteiger charge is -2.37. The van der Waals surface area contributed by atoms with Crippen molar-refractivity contribution in [3.05, 3.63) is 35.5 Å². The third-order valence-corrected chi connectivity index (χ3v) is 6.07. The number of carbonyl (C=O) groups is 2. The highest BCUT2D eigenvalue weighted by Crippen LogP contribution is 2.40. The molecule has 0 unspecified atom stereocenters. The molecule has 5 heteroatoms. The maximum absolute atomic E-state index is 13.1. The van der Waals surface area contributed by atoms with Gasteiger partial charge in [-0.1, -0.05) is 18.2 Å². The molecule has 0 radical (unpaired) electrons. The van der Waals surface area contributed by atoms with Crippen LogP contribution < -0.4 is 0 Å². The van der Waals surface area contributed by atoms with Gasteiger partial charge < -0.3 is 14.4 Å². The Kier molecular flexibility index (Phi) is 3.63. The van der Waals surface area contributed by atoms with Gasteiger partial charge in [-0.05, 0) is 37.8 Å². The number of likely N-dealkylation sites (tertiary alicyclic amines) is 2. The first-order chi connectivity index (χ1) is 11.9. The molecule has 2 aliphatic heterocycles. The van der Waals surface area contributed by atoms with Crippen molar-refractivity contribution in [2.45, 2.75) is 26.2 Å². The summed E-state index contributed by atoms with van der Waals surface area (Å²) in [5.41, 5.74) is 2.62. The van der Waals surface area contributed by atoms with E-state index in [1.807, 2.05) is 46.7 Å². The first kappa shape index (κ1) is 16.2. The SMILES string of the molecule is Cc1cccc2cc(C(=O)N3CC[C@]4(CCCN(C)C4=O)C3)n(C)c12. The molecule has 2 saturated heterocycles. The molecular formula is C20H25N3O2. The van der Waals surface area contributed by atoms with Crippen molar-refractivity contribution in [1.29, 1.82) is 0 Å². The normalized spacial score (nSPS) is 23.9. The molecule has 3 heterocycles. The molecule has 1 aromatic carbocycles. The van der Waals surface area contributed by atoms with Gasteiger partial charge in [-0.25, -0.2) is 0 Å². The van der Waals surface area contributed by atoms with Crippen molar-refractivity contribution in [1.82, 2.24) is 14.4 Å². The smallest absolute Gasteiger partial charge is 0.270 e. The van der Waals surface area contributed by atoms with Gasteiger partial charge in [-0.2, -0.15) is 0 Å². The Morgan fingerprint density at radius 1 is 1.16 bits per heavy atom. The quantitative estimate of drug-likeness (QED) is 0.802. The molecule has 0 aliphatic carbocycles. The Morgan fingerprint density at radius 3 is 2.72 bits per heavy atom. The van der Waals surface area contributed by atoms with Gasteiger partial charge in [0.15, 0.2) is 0 Å². The Balaban J connectivity index is 1.64. The Bertz CT molecular complexity index is 869. The predicted molar refractivity (Wildman–Crippen MR) is 97.5 cm³/mol. The summed E-state index contributed by atoms with van der Waals surface area (Å²) in [5, 5.41) is 1.09. The van der Waals surface area contributed by atoms with Crippen LogP contribution in [0.4, 0.5) is 0 Å². The summed E-state index contributed by atoms with van der Waals surface area (Å²) in [7, 11) is 3.83. The van der Waals surface area contributed by atoms with E-state index >= 15 is 0 Å². The van der Waals surface area contributed by atoms with Crippen molar-refractivity contribution in [2.75, 3.05) is 26.7 Å². The fourth-order valence-corrected chi connectivity index (χ4v) is 4.68. The number of amides is 2. The van der Waals surface area contributed by atoms with E-state index in [0.717, 1.165) is 36.7 Å². The summed E-state index contributed by atoms with van der Waals surface area (Å²) in [5.74, 6) is 0.248. The van der Waals surface area contributed by atoms with E-state index in [1.54, 1.807) is 0 Å². The van der Waals surface area contributed by atoms with Crippen LogP contribution in [0, 0.1) is 12.3 Å². The van der Waals surface area contributed by atoms with Crippen LogP contribution in [0.25, 0.3) is 10.9 Å². The number of nitrogens with zero attached hydrogens (tertiary/aromatic N) is 3. The van der Waals surface area contributed by atoms with Crippen LogP contribution in [0.5, 0.6) is 0 Å². The van der Waals surface area contributed by atoms with Crippen LogP contribution in [0.15, 0.2) is 24.3 Å². The molecule has 1 aromatic heterocycles. The van der Waals surface area contributed by atoms with Gasteiger partial charge in [0.1, 0.15) is 5.69 Å². The van der Waals surface area contributed by atoms with Gasteiger partial charge in [-0.3, -0.25) is 9.59 Å². The Labute approximate surface area is 148 Å². The fourth-order valence-electron chi connectivity index (χ4n) is 4.68. The van der Waals surface area contributed by atoms with Crippen molar-refractivity contribution >= 4 is 22.7 Å².